The Morgan fingerprint density at radius 2 is 1.65 bits per heavy atom. The van der Waals surface area contributed by atoms with Gasteiger partial charge in [-0.1, -0.05) is 44.5 Å². The SMILES string of the molecule is CCOCO/N=C1\[C@H](C)C[C@@](C)(O)[C@H](O[C@@H]2O[C@H](C)C[C@H](N(C)C)[C@H]2O)[C@@H](C)C(O[C@H]2C[C@@](C)(OC)[C@@H](OC(=O)CCNCCNc3cc4c(=O)c(C(=O)O)cn(C5CC5)c4cc3Cl)[C@H](C)O2)[C@@H](C)C(=O)O[C@H](CC)[C@@]2(C)OC(=O)O[C@H]2[C@H]1C. The van der Waals surface area contributed by atoms with Crippen molar-refractivity contribution in [2.24, 2.45) is 28.8 Å². The van der Waals surface area contributed by atoms with Gasteiger partial charge in [0.15, 0.2) is 30.4 Å². The van der Waals surface area contributed by atoms with E-state index in [-0.39, 0.29) is 68.2 Å². The number of aromatic carboxylic acids is 1. The number of fused-ring (bicyclic) bond motifs is 2. The lowest BCUT2D eigenvalue weighted by molar-refractivity contribution is -0.318. The summed E-state index contributed by atoms with van der Waals surface area (Å²) in [7, 11) is 5.19. The molecule has 18 atom stereocenters. The van der Waals surface area contributed by atoms with Crippen molar-refractivity contribution < 1.29 is 86.7 Å². The number of nitrogens with zero attached hydrogens (tertiary/aromatic N) is 3. The molecule has 0 amide bonds. The van der Waals surface area contributed by atoms with Crippen LogP contribution in [0, 0.1) is 23.7 Å². The molecular formula is C59H90ClN5O19. The van der Waals surface area contributed by atoms with Gasteiger partial charge in [-0.15, -0.1) is 0 Å². The highest BCUT2D eigenvalue weighted by Gasteiger charge is 2.59. The predicted octanol–water partition coefficient (Wildman–Crippen LogP) is 6.41. The second-order valence-corrected chi connectivity index (χ2v) is 24.7. The minimum absolute atomic E-state index is 0.000418. The Morgan fingerprint density at radius 1 is 0.940 bits per heavy atom. The third-order valence-corrected chi connectivity index (χ3v) is 17.8. The maximum absolute atomic E-state index is 14.9. The van der Waals surface area contributed by atoms with E-state index in [1.165, 1.54) is 13.3 Å². The number of ether oxygens (including phenoxy) is 10. The summed E-state index contributed by atoms with van der Waals surface area (Å²) < 4.78 is 64.4. The zero-order valence-corrected chi connectivity index (χ0v) is 51.8. The fourth-order valence-corrected chi connectivity index (χ4v) is 13.0. The van der Waals surface area contributed by atoms with E-state index < -0.39 is 125 Å². The average molecular weight is 1210 g/mol. The standard InChI is InChI=1S/C59H90ClN5O19/c1-15-43-59(11)51(83-56(72)84-59)32(5)46(63-76-29-75-16-2)30(3)26-57(9,73)50(82-55-48(68)42(64(12)13)23-31(4)77-55)33(6)49(34(7)54(71)79-43)81-45-27-58(10,74-14)52(35(8)78-45)80-44(66)19-20-61-21-22-62-40-24-37-41(25-39(40)60)65(36-17-18-36)28-38(47(37)67)53(69)70/h24-25,28,30-36,42-43,45,48-52,55,61-62,68,73H,15-23,26-27,29H2,1-14H3,(H,69,70)/b63-46+/t30-,31-,32+,33+,34-,35+,42+,43-,45+,48-,49?,50-,51+,52+,55+,57-,58-,59-/m1/s1. The number of hydrogen-bond acceptors (Lipinski definition) is 22. The summed E-state index contributed by atoms with van der Waals surface area (Å²) >= 11 is 6.65. The number of oxime groups is 1. The highest BCUT2D eigenvalue weighted by molar-refractivity contribution is 6.34. The molecule has 5 aliphatic rings. The number of benzene rings is 1. The molecule has 1 aliphatic carbocycles. The molecule has 0 radical (unpaired) electrons. The average Bonchev–Trinajstić information content (AvgIpc) is 3.46. The second kappa shape index (κ2) is 28.0. The number of methoxy groups -OCH3 is 1. The Bertz CT molecular complexity index is 2730. The Kier molecular flexibility index (Phi) is 22.2. The number of aromatic nitrogens is 1. The van der Waals surface area contributed by atoms with Crippen molar-refractivity contribution in [2.75, 3.05) is 59.6 Å². The lowest BCUT2D eigenvalue weighted by Gasteiger charge is -2.49. The fourth-order valence-electron chi connectivity index (χ4n) is 12.8. The van der Waals surface area contributed by atoms with Crippen LogP contribution in [0.3, 0.4) is 0 Å². The van der Waals surface area contributed by atoms with Crippen molar-refractivity contribution >= 4 is 58.0 Å². The number of carboxylic acid groups (broad SMARTS) is 1. The maximum atomic E-state index is 14.9. The number of pyridine rings is 1. The van der Waals surface area contributed by atoms with Gasteiger partial charge in [0.2, 0.25) is 12.2 Å². The van der Waals surface area contributed by atoms with Crippen LogP contribution in [-0.2, 0) is 61.8 Å². The van der Waals surface area contributed by atoms with Crippen LogP contribution in [0.15, 0.2) is 28.3 Å². The molecule has 2 aromatic rings. The van der Waals surface area contributed by atoms with Crippen molar-refractivity contribution in [1.29, 1.82) is 0 Å². The van der Waals surface area contributed by atoms with Gasteiger partial charge in [0.1, 0.15) is 23.4 Å². The molecular weight excluding hydrogens is 1120 g/mol. The summed E-state index contributed by atoms with van der Waals surface area (Å²) in [4.78, 5) is 74.4. The zero-order chi connectivity index (χ0) is 61.7. The summed E-state index contributed by atoms with van der Waals surface area (Å²) in [6.07, 6.45) is -7.32. The molecule has 1 saturated carbocycles. The van der Waals surface area contributed by atoms with Crippen LogP contribution >= 0.6 is 11.6 Å². The number of carboxylic acids is 1. The maximum Gasteiger partial charge on any atom is 0.509 e. The van der Waals surface area contributed by atoms with Crippen LogP contribution < -0.4 is 16.1 Å². The molecule has 7 rings (SSSR count). The van der Waals surface area contributed by atoms with Gasteiger partial charge in [0, 0.05) is 81.2 Å². The monoisotopic (exact) mass is 1210 g/mol. The highest BCUT2D eigenvalue weighted by Crippen LogP contribution is 2.45. The highest BCUT2D eigenvalue weighted by atomic mass is 35.5. The molecule has 5 N–H and O–H groups in total. The van der Waals surface area contributed by atoms with Crippen molar-refractivity contribution in [1.82, 2.24) is 14.8 Å². The lowest BCUT2D eigenvalue weighted by atomic mass is 9.73. The van der Waals surface area contributed by atoms with Crippen molar-refractivity contribution in [3.63, 3.8) is 0 Å². The van der Waals surface area contributed by atoms with Gasteiger partial charge in [-0.2, -0.15) is 0 Å². The van der Waals surface area contributed by atoms with E-state index in [0.717, 1.165) is 12.8 Å². The Hall–Kier alpha value is -4.73. The molecule has 0 spiro atoms. The number of hydrogen-bond donors (Lipinski definition) is 5. The minimum atomic E-state index is -1.82. The first-order chi connectivity index (χ1) is 39.6. The fraction of sp³-hybridized carbons (Fsp3) is 0.763. The first-order valence-corrected chi connectivity index (χ1v) is 29.8. The van der Waals surface area contributed by atoms with E-state index >= 15 is 0 Å². The molecule has 1 unspecified atom stereocenters. The lowest BCUT2D eigenvalue weighted by Crippen LogP contribution is -2.61. The van der Waals surface area contributed by atoms with Gasteiger partial charge in [-0.3, -0.25) is 14.4 Å². The van der Waals surface area contributed by atoms with Crippen LogP contribution in [0.4, 0.5) is 10.5 Å². The van der Waals surface area contributed by atoms with E-state index in [1.54, 1.807) is 67.5 Å². The number of anilines is 1. The second-order valence-electron chi connectivity index (χ2n) is 24.3. The van der Waals surface area contributed by atoms with E-state index in [0.29, 0.717) is 48.1 Å². The molecule has 1 aromatic heterocycles. The third-order valence-electron chi connectivity index (χ3n) is 17.5. The topological polar surface area (TPSA) is 292 Å². The Morgan fingerprint density at radius 3 is 2.30 bits per heavy atom. The van der Waals surface area contributed by atoms with Crippen LogP contribution in [0.2, 0.25) is 5.02 Å². The predicted molar refractivity (Wildman–Crippen MR) is 308 cm³/mol. The first-order valence-electron chi connectivity index (χ1n) is 29.5. The number of rotatable bonds is 21. The number of aliphatic hydroxyl groups is 2. The number of nitrogens with one attached hydrogen (secondary N) is 2. The summed E-state index contributed by atoms with van der Waals surface area (Å²) in [6.45, 7) is 20.4. The molecule has 472 valence electrons. The van der Waals surface area contributed by atoms with E-state index in [4.69, 9.17) is 63.8 Å². The van der Waals surface area contributed by atoms with Gasteiger partial charge in [0.05, 0.1) is 64.3 Å². The molecule has 1 aromatic carbocycles. The molecule has 24 nitrogen and oxygen atoms in total. The summed E-state index contributed by atoms with van der Waals surface area (Å²) in [5.41, 5.74) is -4.03. The molecule has 25 heteroatoms. The normalized spacial score (nSPS) is 36.5. The van der Waals surface area contributed by atoms with Gasteiger partial charge < -0.3 is 87.6 Å². The molecule has 5 heterocycles. The molecule has 4 saturated heterocycles. The van der Waals surface area contributed by atoms with Crippen molar-refractivity contribution in [3.8, 4) is 0 Å². The number of carbonyl (C=O) groups is 4. The quantitative estimate of drug-likeness (QED) is 0.0297. The van der Waals surface area contributed by atoms with Crippen molar-refractivity contribution in [3.05, 3.63) is 39.1 Å². The third kappa shape index (κ3) is 15.0. The number of esters is 2. The summed E-state index contributed by atoms with van der Waals surface area (Å²) in [5, 5.41) is 46.3. The largest absolute Gasteiger partial charge is 0.509 e. The molecule has 84 heavy (non-hydrogen) atoms. The number of halogens is 1. The van der Waals surface area contributed by atoms with Gasteiger partial charge in [0.25, 0.3) is 0 Å². The Labute approximate surface area is 496 Å². The number of likely N-dealkylation sites (N-methyl/N-ethyl adjacent to an activating group) is 1. The van der Waals surface area contributed by atoms with Gasteiger partial charge in [-0.05, 0) is 107 Å². The van der Waals surface area contributed by atoms with Gasteiger partial charge in [-0.25, -0.2) is 9.59 Å². The number of carbonyl (C=O) groups excluding carboxylic acids is 3. The van der Waals surface area contributed by atoms with Crippen LogP contribution in [0.25, 0.3) is 10.9 Å². The van der Waals surface area contributed by atoms with Crippen LogP contribution in [0.1, 0.15) is 138 Å². The molecule has 0 bridgehead atoms. The first kappa shape index (κ1) is 66.8. The Balaban J connectivity index is 1.10. The van der Waals surface area contributed by atoms with Crippen molar-refractivity contribution in [2.45, 2.75) is 211 Å². The summed E-state index contributed by atoms with van der Waals surface area (Å²) in [6, 6.07) is 2.97. The minimum Gasteiger partial charge on any atom is -0.477 e. The number of aliphatic hydroxyl groups excluding tert-OH is 1. The van der Waals surface area contributed by atoms with Gasteiger partial charge >= 0.3 is 24.1 Å². The number of cyclic esters (lactones) is 1. The van der Waals surface area contributed by atoms with Crippen LogP contribution in [-0.4, -0.2) is 193 Å². The van der Waals surface area contributed by atoms with E-state index in [2.05, 4.69) is 15.8 Å². The summed E-state index contributed by atoms with van der Waals surface area (Å²) in [5.74, 6) is -5.94. The molecule has 5 fully saturated rings. The van der Waals surface area contributed by atoms with E-state index in [1.807, 2.05) is 44.3 Å². The van der Waals surface area contributed by atoms with E-state index in [9.17, 15) is 39.3 Å². The van der Waals surface area contributed by atoms with Crippen LogP contribution in [0.5, 0.6) is 0 Å². The zero-order valence-electron chi connectivity index (χ0n) is 51.0. The smallest absolute Gasteiger partial charge is 0.477 e. The molecule has 4 aliphatic heterocycles.